The lowest BCUT2D eigenvalue weighted by Crippen LogP contribution is -2.15. The molecule has 1 fully saturated rings. The van der Waals surface area contributed by atoms with E-state index in [1.807, 2.05) is 6.07 Å². The summed E-state index contributed by atoms with van der Waals surface area (Å²) in [6, 6.07) is 15.9. The van der Waals surface area contributed by atoms with E-state index in [2.05, 4.69) is 59.8 Å². The van der Waals surface area contributed by atoms with Crippen LogP contribution in [0.3, 0.4) is 0 Å². The van der Waals surface area contributed by atoms with Crippen molar-refractivity contribution in [2.75, 3.05) is 0 Å². The van der Waals surface area contributed by atoms with E-state index in [0.717, 1.165) is 34.9 Å². The van der Waals surface area contributed by atoms with Gasteiger partial charge in [0.2, 0.25) is 0 Å². The molecule has 6 nitrogen and oxygen atoms in total. The summed E-state index contributed by atoms with van der Waals surface area (Å²) < 4.78 is 2.31. The summed E-state index contributed by atoms with van der Waals surface area (Å²) >= 11 is 1.60. The van der Waals surface area contributed by atoms with E-state index in [4.69, 9.17) is 0 Å². The molecule has 0 N–H and O–H groups in total. The molecule has 0 saturated heterocycles. The molecule has 168 valence electrons. The number of benzene rings is 2. The second-order valence-electron chi connectivity index (χ2n) is 9.51. The van der Waals surface area contributed by atoms with Gasteiger partial charge in [0.05, 0.1) is 4.92 Å². The molecular formula is C25H30N4O2S. The minimum atomic E-state index is -0.349. The van der Waals surface area contributed by atoms with Crippen LogP contribution >= 0.6 is 11.8 Å². The van der Waals surface area contributed by atoms with Crippen LogP contribution in [-0.4, -0.2) is 19.7 Å². The van der Waals surface area contributed by atoms with Crippen LogP contribution < -0.4 is 0 Å². The fourth-order valence-corrected chi connectivity index (χ4v) is 5.22. The van der Waals surface area contributed by atoms with Crippen LogP contribution in [0.5, 0.6) is 0 Å². The monoisotopic (exact) mass is 450 g/mol. The molecule has 0 bridgehead atoms. The van der Waals surface area contributed by atoms with Crippen molar-refractivity contribution in [3.63, 3.8) is 0 Å². The van der Waals surface area contributed by atoms with Crippen molar-refractivity contribution in [1.82, 2.24) is 14.8 Å². The smallest absolute Gasteiger partial charge is 0.269 e. The number of nitrogens with zero attached hydrogens (tertiary/aromatic N) is 4. The first-order valence-electron chi connectivity index (χ1n) is 11.2. The molecule has 1 aliphatic rings. The minimum Gasteiger partial charge on any atom is -0.299 e. The zero-order chi connectivity index (χ0) is 22.7. The Bertz CT molecular complexity index is 1080. The van der Waals surface area contributed by atoms with Gasteiger partial charge >= 0.3 is 0 Å². The van der Waals surface area contributed by atoms with Gasteiger partial charge in [0, 0.05) is 29.5 Å². The molecule has 0 unspecified atom stereocenters. The Morgan fingerprint density at radius 1 is 1.06 bits per heavy atom. The average Bonchev–Trinajstić information content (AvgIpc) is 3.22. The highest BCUT2D eigenvalue weighted by atomic mass is 32.2. The second-order valence-corrected chi connectivity index (χ2v) is 10.5. The average molecular weight is 451 g/mol. The van der Waals surface area contributed by atoms with E-state index >= 15 is 0 Å². The van der Waals surface area contributed by atoms with Gasteiger partial charge in [0.25, 0.3) is 5.69 Å². The normalized spacial score (nSPS) is 15.1. The molecular weight excluding hydrogens is 420 g/mol. The predicted octanol–water partition coefficient (Wildman–Crippen LogP) is 6.95. The van der Waals surface area contributed by atoms with Crippen molar-refractivity contribution < 1.29 is 4.92 Å². The van der Waals surface area contributed by atoms with Gasteiger partial charge in [-0.05, 0) is 29.4 Å². The van der Waals surface area contributed by atoms with Crippen molar-refractivity contribution >= 4 is 17.4 Å². The molecule has 0 spiro atoms. The van der Waals surface area contributed by atoms with Gasteiger partial charge < -0.3 is 0 Å². The van der Waals surface area contributed by atoms with Crippen LogP contribution in [0.4, 0.5) is 5.69 Å². The lowest BCUT2D eigenvalue weighted by molar-refractivity contribution is -0.384. The predicted molar refractivity (Wildman–Crippen MR) is 129 cm³/mol. The first-order valence-corrected chi connectivity index (χ1v) is 12.2. The van der Waals surface area contributed by atoms with E-state index in [0.29, 0.717) is 11.8 Å². The highest BCUT2D eigenvalue weighted by Crippen LogP contribution is 2.37. The second kappa shape index (κ2) is 9.45. The Kier molecular flexibility index (Phi) is 6.65. The fourth-order valence-electron chi connectivity index (χ4n) is 4.27. The number of hydrogen-bond donors (Lipinski definition) is 0. The van der Waals surface area contributed by atoms with Gasteiger partial charge in [0.15, 0.2) is 11.0 Å². The molecule has 4 rings (SSSR count). The Balaban J connectivity index is 1.63. The van der Waals surface area contributed by atoms with Crippen LogP contribution in [0.1, 0.15) is 70.0 Å². The number of non-ortho nitro benzene ring substituents is 1. The molecule has 1 saturated carbocycles. The Morgan fingerprint density at radius 3 is 2.44 bits per heavy atom. The van der Waals surface area contributed by atoms with E-state index in [-0.39, 0.29) is 16.0 Å². The number of aromatic nitrogens is 3. The third kappa shape index (κ3) is 5.04. The summed E-state index contributed by atoms with van der Waals surface area (Å²) in [4.78, 5) is 10.8. The minimum absolute atomic E-state index is 0.106. The molecule has 7 heteroatoms. The molecule has 1 heterocycles. The van der Waals surface area contributed by atoms with E-state index in [1.54, 1.807) is 23.9 Å². The van der Waals surface area contributed by atoms with Gasteiger partial charge in [-0.2, -0.15) is 0 Å². The van der Waals surface area contributed by atoms with Crippen LogP contribution in [0.25, 0.3) is 11.4 Å². The molecule has 3 aromatic rings. The fraction of sp³-hybridized carbons (Fsp3) is 0.440. The number of nitro groups is 1. The third-order valence-corrected chi connectivity index (χ3v) is 7.12. The standard InChI is InChI=1S/C25H30N4O2S/c1-25(2,3)20-14-12-19(13-15-20)23-26-27-24(28(23)21-9-5-4-6-10-21)32-17-18-8-7-11-22(16-18)29(30)31/h7-8,11-16,21H,4-6,9-10,17H2,1-3H3. The zero-order valence-electron chi connectivity index (χ0n) is 19.0. The summed E-state index contributed by atoms with van der Waals surface area (Å²) in [5, 5.41) is 21.1. The molecule has 1 aromatic heterocycles. The Hall–Kier alpha value is -2.67. The molecule has 0 amide bonds. The highest BCUT2D eigenvalue weighted by Gasteiger charge is 2.24. The van der Waals surface area contributed by atoms with Gasteiger partial charge in [-0.25, -0.2) is 0 Å². The van der Waals surface area contributed by atoms with Gasteiger partial charge in [-0.3, -0.25) is 14.7 Å². The number of rotatable bonds is 6. The lowest BCUT2D eigenvalue weighted by Gasteiger charge is -2.26. The molecule has 2 aromatic carbocycles. The number of nitro benzene ring substituents is 1. The molecule has 1 aliphatic carbocycles. The lowest BCUT2D eigenvalue weighted by atomic mass is 9.86. The maximum atomic E-state index is 11.1. The van der Waals surface area contributed by atoms with Gasteiger partial charge in [0.1, 0.15) is 0 Å². The van der Waals surface area contributed by atoms with Crippen molar-refractivity contribution in [2.45, 2.75) is 75.2 Å². The summed E-state index contributed by atoms with van der Waals surface area (Å²) in [5.74, 6) is 1.54. The quantitative estimate of drug-likeness (QED) is 0.231. The Labute approximate surface area is 193 Å². The Morgan fingerprint density at radius 2 is 1.78 bits per heavy atom. The number of hydrogen-bond acceptors (Lipinski definition) is 5. The van der Waals surface area contributed by atoms with Crippen molar-refractivity contribution in [2.24, 2.45) is 0 Å². The van der Waals surface area contributed by atoms with Crippen LogP contribution in [0.15, 0.2) is 53.7 Å². The first-order chi connectivity index (χ1) is 15.3. The number of thioether (sulfide) groups is 1. The van der Waals surface area contributed by atoms with Crippen molar-refractivity contribution in [1.29, 1.82) is 0 Å². The summed E-state index contributed by atoms with van der Waals surface area (Å²) in [6.45, 7) is 6.65. The van der Waals surface area contributed by atoms with Crippen LogP contribution in [0, 0.1) is 10.1 Å². The maximum Gasteiger partial charge on any atom is 0.269 e. The summed E-state index contributed by atoms with van der Waals surface area (Å²) in [5.41, 5.74) is 3.52. The topological polar surface area (TPSA) is 73.8 Å². The van der Waals surface area contributed by atoms with Gasteiger partial charge in [-0.1, -0.05) is 88.2 Å². The largest absolute Gasteiger partial charge is 0.299 e. The van der Waals surface area contributed by atoms with Crippen molar-refractivity contribution in [3.8, 4) is 11.4 Å². The first kappa shape index (κ1) is 22.5. The van der Waals surface area contributed by atoms with E-state index in [1.165, 1.54) is 30.9 Å². The van der Waals surface area contributed by atoms with Gasteiger partial charge in [-0.15, -0.1) is 10.2 Å². The summed E-state index contributed by atoms with van der Waals surface area (Å²) in [7, 11) is 0. The molecule has 0 aliphatic heterocycles. The highest BCUT2D eigenvalue weighted by molar-refractivity contribution is 7.98. The molecule has 32 heavy (non-hydrogen) atoms. The molecule has 0 radical (unpaired) electrons. The molecule has 0 atom stereocenters. The third-order valence-electron chi connectivity index (χ3n) is 6.10. The summed E-state index contributed by atoms with van der Waals surface area (Å²) in [6.07, 6.45) is 6.00. The zero-order valence-corrected chi connectivity index (χ0v) is 19.8. The van der Waals surface area contributed by atoms with E-state index in [9.17, 15) is 10.1 Å². The SMILES string of the molecule is CC(C)(C)c1ccc(-c2nnc(SCc3cccc([N+](=O)[O-])c3)n2C2CCCCC2)cc1. The van der Waals surface area contributed by atoms with Crippen molar-refractivity contribution in [3.05, 3.63) is 69.8 Å². The van der Waals surface area contributed by atoms with E-state index < -0.39 is 0 Å². The maximum absolute atomic E-state index is 11.1. The van der Waals surface area contributed by atoms with Crippen LogP contribution in [0.2, 0.25) is 0 Å². The van der Waals surface area contributed by atoms with Crippen LogP contribution in [-0.2, 0) is 11.2 Å².